The lowest BCUT2D eigenvalue weighted by molar-refractivity contribution is -0.143. The highest BCUT2D eigenvalue weighted by Gasteiger charge is 2.19. The van der Waals surface area contributed by atoms with E-state index >= 15 is 0 Å². The van der Waals surface area contributed by atoms with Gasteiger partial charge >= 0.3 is 18.0 Å². The number of esters is 2. The highest BCUT2D eigenvalue weighted by Crippen LogP contribution is 2.20. The first-order valence-corrected chi connectivity index (χ1v) is 8.39. The Morgan fingerprint density at radius 3 is 2.29 bits per heavy atom. The van der Waals surface area contributed by atoms with Gasteiger partial charge in [0.15, 0.2) is 0 Å². The summed E-state index contributed by atoms with van der Waals surface area (Å²) in [6, 6.07) is -0.388. The molecule has 1 fully saturated rings. The Kier molecular flexibility index (Phi) is 8.89. The van der Waals surface area contributed by atoms with Crippen molar-refractivity contribution in [3.05, 3.63) is 12.2 Å². The van der Waals surface area contributed by atoms with Crippen LogP contribution in [0, 0.1) is 0 Å². The maximum absolute atomic E-state index is 11.7. The van der Waals surface area contributed by atoms with Gasteiger partial charge in [0.2, 0.25) is 0 Å². The third-order valence-electron chi connectivity index (χ3n) is 3.37. The summed E-state index contributed by atoms with van der Waals surface area (Å²) < 4.78 is 15.1. The smallest absolute Gasteiger partial charge is 0.407 e. The molecule has 0 saturated heterocycles. The van der Waals surface area contributed by atoms with Crippen LogP contribution in [0.2, 0.25) is 0 Å². The quantitative estimate of drug-likeness (QED) is 0.434. The summed E-state index contributed by atoms with van der Waals surface area (Å²) in [5, 5.41) is 2.62. The van der Waals surface area contributed by atoms with E-state index in [9.17, 15) is 14.4 Å². The standard InChI is InChI=1S/C17H27NO6/c1-12(2)23-16(20)10-9-15(19)22-11-13(3)18-17(21)24-14-7-5-4-6-8-14/h9-10,12-14H,4-8,11H2,1-3H3,(H,18,21)/b10-9+/t13-/m0/s1. The number of alkyl carbamates (subject to hydrolysis) is 1. The summed E-state index contributed by atoms with van der Waals surface area (Å²) in [6.07, 6.45) is 6.37. The van der Waals surface area contributed by atoms with Gasteiger partial charge in [0, 0.05) is 12.2 Å². The predicted molar refractivity (Wildman–Crippen MR) is 87.3 cm³/mol. The first kappa shape index (κ1) is 20.0. The summed E-state index contributed by atoms with van der Waals surface area (Å²) in [5.41, 5.74) is 0. The lowest BCUT2D eigenvalue weighted by Gasteiger charge is -2.23. The molecular weight excluding hydrogens is 314 g/mol. The normalized spacial score (nSPS) is 16.7. The molecule has 1 rings (SSSR count). The molecule has 136 valence electrons. The van der Waals surface area contributed by atoms with Gasteiger partial charge in [0.1, 0.15) is 12.7 Å². The van der Waals surface area contributed by atoms with Gasteiger partial charge in [-0.3, -0.25) is 0 Å². The molecular formula is C17H27NO6. The van der Waals surface area contributed by atoms with Crippen molar-refractivity contribution in [3.63, 3.8) is 0 Å². The number of hydrogen-bond donors (Lipinski definition) is 1. The Hall–Kier alpha value is -2.05. The molecule has 7 heteroatoms. The molecule has 0 aliphatic heterocycles. The fourth-order valence-corrected chi connectivity index (χ4v) is 2.27. The van der Waals surface area contributed by atoms with E-state index < -0.39 is 18.0 Å². The minimum atomic E-state index is -0.676. The van der Waals surface area contributed by atoms with Gasteiger partial charge in [-0.2, -0.15) is 0 Å². The first-order chi connectivity index (χ1) is 11.4. The van der Waals surface area contributed by atoms with E-state index in [0.717, 1.165) is 37.8 Å². The molecule has 1 N–H and O–H groups in total. The van der Waals surface area contributed by atoms with Gasteiger partial charge in [-0.25, -0.2) is 14.4 Å². The van der Waals surface area contributed by atoms with Crippen LogP contribution in [0.15, 0.2) is 12.2 Å². The third-order valence-corrected chi connectivity index (χ3v) is 3.37. The Labute approximate surface area is 142 Å². The molecule has 0 aromatic carbocycles. The van der Waals surface area contributed by atoms with E-state index in [0.29, 0.717) is 0 Å². The molecule has 24 heavy (non-hydrogen) atoms. The molecule has 0 aromatic heterocycles. The fraction of sp³-hybridized carbons (Fsp3) is 0.706. The number of carbonyl (C=O) groups is 3. The average Bonchev–Trinajstić information content (AvgIpc) is 2.51. The molecule has 0 spiro atoms. The molecule has 0 bridgehead atoms. The summed E-state index contributed by atoms with van der Waals surface area (Å²) >= 11 is 0. The second-order valence-electron chi connectivity index (χ2n) is 6.16. The SMILES string of the molecule is CC(C)OC(=O)/C=C/C(=O)OC[C@H](C)NC(=O)OC1CCCCC1. The van der Waals surface area contributed by atoms with Crippen LogP contribution in [-0.4, -0.2) is 42.9 Å². The minimum absolute atomic E-state index is 0.0117. The van der Waals surface area contributed by atoms with Gasteiger partial charge in [-0.05, 0) is 46.5 Å². The zero-order valence-corrected chi connectivity index (χ0v) is 14.6. The number of hydrogen-bond acceptors (Lipinski definition) is 6. The van der Waals surface area contributed by atoms with Gasteiger partial charge < -0.3 is 19.5 Å². The molecule has 0 radical (unpaired) electrons. The average molecular weight is 341 g/mol. The van der Waals surface area contributed by atoms with Gasteiger partial charge in [-0.1, -0.05) is 6.42 Å². The lowest BCUT2D eigenvalue weighted by atomic mass is 9.98. The fourth-order valence-electron chi connectivity index (χ4n) is 2.27. The third kappa shape index (κ3) is 9.17. The molecule has 1 saturated carbocycles. The second kappa shape index (κ2) is 10.7. The van der Waals surface area contributed by atoms with Gasteiger partial charge in [0.25, 0.3) is 0 Å². The Morgan fingerprint density at radius 1 is 1.04 bits per heavy atom. The second-order valence-corrected chi connectivity index (χ2v) is 6.16. The van der Waals surface area contributed by atoms with E-state index in [-0.39, 0.29) is 24.9 Å². The molecule has 1 aliphatic carbocycles. The van der Waals surface area contributed by atoms with E-state index in [1.165, 1.54) is 6.42 Å². The topological polar surface area (TPSA) is 90.9 Å². The Morgan fingerprint density at radius 2 is 1.67 bits per heavy atom. The van der Waals surface area contributed by atoms with Gasteiger partial charge in [-0.15, -0.1) is 0 Å². The van der Waals surface area contributed by atoms with Crippen LogP contribution in [0.5, 0.6) is 0 Å². The van der Waals surface area contributed by atoms with Crippen LogP contribution in [0.3, 0.4) is 0 Å². The molecule has 7 nitrogen and oxygen atoms in total. The minimum Gasteiger partial charge on any atom is -0.460 e. The summed E-state index contributed by atoms with van der Waals surface area (Å²) in [5.74, 6) is -1.28. The van der Waals surface area contributed by atoms with Crippen LogP contribution in [0.25, 0.3) is 0 Å². The number of rotatable bonds is 7. The molecule has 0 aromatic rings. The molecule has 1 amide bonds. The van der Waals surface area contributed by atoms with E-state index in [4.69, 9.17) is 14.2 Å². The molecule has 0 heterocycles. The maximum Gasteiger partial charge on any atom is 0.407 e. The lowest BCUT2D eigenvalue weighted by Crippen LogP contribution is -2.38. The van der Waals surface area contributed by atoms with E-state index in [1.54, 1.807) is 20.8 Å². The van der Waals surface area contributed by atoms with Crippen molar-refractivity contribution in [2.45, 2.75) is 71.1 Å². The van der Waals surface area contributed by atoms with Crippen molar-refractivity contribution in [1.82, 2.24) is 5.32 Å². The monoisotopic (exact) mass is 341 g/mol. The van der Waals surface area contributed by atoms with E-state index in [2.05, 4.69) is 5.32 Å². The van der Waals surface area contributed by atoms with Crippen LogP contribution >= 0.6 is 0 Å². The zero-order valence-electron chi connectivity index (χ0n) is 14.6. The number of ether oxygens (including phenoxy) is 3. The highest BCUT2D eigenvalue weighted by atomic mass is 16.6. The molecule has 1 aliphatic rings. The van der Waals surface area contributed by atoms with E-state index in [1.807, 2.05) is 0 Å². The maximum atomic E-state index is 11.7. The summed E-state index contributed by atoms with van der Waals surface area (Å²) in [6.45, 7) is 5.11. The first-order valence-electron chi connectivity index (χ1n) is 8.39. The number of nitrogens with one attached hydrogen (secondary N) is 1. The predicted octanol–water partition coefficient (Wildman–Crippen LogP) is 2.48. The Bertz CT molecular complexity index is 454. The van der Waals surface area contributed by atoms with Crippen molar-refractivity contribution >= 4 is 18.0 Å². The summed E-state index contributed by atoms with van der Waals surface area (Å²) in [7, 11) is 0. The van der Waals surface area contributed by atoms with Crippen molar-refractivity contribution < 1.29 is 28.6 Å². The summed E-state index contributed by atoms with van der Waals surface area (Å²) in [4.78, 5) is 34.5. The molecule has 1 atom stereocenters. The van der Waals surface area contributed by atoms with Crippen LogP contribution < -0.4 is 5.32 Å². The van der Waals surface area contributed by atoms with Crippen LogP contribution in [0.1, 0.15) is 52.9 Å². The Balaban J connectivity index is 2.20. The molecule has 0 unspecified atom stereocenters. The van der Waals surface area contributed by atoms with Crippen molar-refractivity contribution in [2.75, 3.05) is 6.61 Å². The van der Waals surface area contributed by atoms with Crippen molar-refractivity contribution in [2.24, 2.45) is 0 Å². The number of carbonyl (C=O) groups excluding carboxylic acids is 3. The van der Waals surface area contributed by atoms with Crippen molar-refractivity contribution in [3.8, 4) is 0 Å². The van der Waals surface area contributed by atoms with Crippen molar-refractivity contribution in [1.29, 1.82) is 0 Å². The van der Waals surface area contributed by atoms with Crippen LogP contribution in [0.4, 0.5) is 4.79 Å². The largest absolute Gasteiger partial charge is 0.460 e. The number of amides is 1. The van der Waals surface area contributed by atoms with Gasteiger partial charge in [0.05, 0.1) is 12.1 Å². The van der Waals surface area contributed by atoms with Crippen LogP contribution in [-0.2, 0) is 23.8 Å². The zero-order chi connectivity index (χ0) is 17.9. The highest BCUT2D eigenvalue weighted by molar-refractivity contribution is 5.91.